The van der Waals surface area contributed by atoms with Crippen LogP contribution in [0, 0.1) is 11.3 Å². The number of furan rings is 1. The SMILES string of the molecule is CN(C(=O)CN[C@H](c1ccccc1)c1ccco1)C(C)(C)C#N. The van der Waals surface area contributed by atoms with Crippen molar-refractivity contribution in [2.75, 3.05) is 13.6 Å². The molecule has 0 bridgehead atoms. The fraction of sp³-hybridized carbons (Fsp3) is 0.333. The van der Waals surface area contributed by atoms with E-state index in [0.29, 0.717) is 0 Å². The highest BCUT2D eigenvalue weighted by Gasteiger charge is 2.28. The minimum absolute atomic E-state index is 0.113. The Hall–Kier alpha value is -2.58. The lowest BCUT2D eigenvalue weighted by Crippen LogP contribution is -2.47. The number of amides is 1. The molecule has 1 atom stereocenters. The summed E-state index contributed by atoms with van der Waals surface area (Å²) < 4.78 is 5.49. The fourth-order valence-corrected chi connectivity index (χ4v) is 2.18. The summed E-state index contributed by atoms with van der Waals surface area (Å²) in [5.41, 5.74) is 0.170. The third-order valence-corrected chi connectivity index (χ3v) is 3.90. The fourth-order valence-electron chi connectivity index (χ4n) is 2.18. The van der Waals surface area contributed by atoms with Gasteiger partial charge in [-0.05, 0) is 31.5 Å². The van der Waals surface area contributed by atoms with Gasteiger partial charge in [0.15, 0.2) is 0 Å². The van der Waals surface area contributed by atoms with Gasteiger partial charge < -0.3 is 9.32 Å². The van der Waals surface area contributed by atoms with Gasteiger partial charge in [0.05, 0.1) is 24.9 Å². The van der Waals surface area contributed by atoms with Crippen LogP contribution in [0.2, 0.25) is 0 Å². The molecule has 1 aromatic heterocycles. The van der Waals surface area contributed by atoms with E-state index < -0.39 is 5.54 Å². The first-order valence-corrected chi connectivity index (χ1v) is 7.45. The van der Waals surface area contributed by atoms with Crippen molar-refractivity contribution < 1.29 is 9.21 Å². The van der Waals surface area contributed by atoms with Crippen molar-refractivity contribution in [1.29, 1.82) is 5.26 Å². The van der Waals surface area contributed by atoms with E-state index in [1.54, 1.807) is 27.2 Å². The molecule has 0 aliphatic rings. The van der Waals surface area contributed by atoms with E-state index in [1.807, 2.05) is 42.5 Å². The summed E-state index contributed by atoms with van der Waals surface area (Å²) in [4.78, 5) is 13.8. The lowest BCUT2D eigenvalue weighted by molar-refractivity contribution is -0.132. The summed E-state index contributed by atoms with van der Waals surface area (Å²) >= 11 is 0. The Kier molecular flexibility index (Phi) is 5.20. The molecule has 0 unspecified atom stereocenters. The quantitative estimate of drug-likeness (QED) is 0.890. The number of nitriles is 1. The standard InChI is InChI=1S/C18H21N3O2/c1-18(2,13-19)21(3)16(22)12-20-17(15-10-7-11-23-15)14-8-5-4-6-9-14/h4-11,17,20H,12H2,1-3H3/t17-/m1/s1. The third-order valence-electron chi connectivity index (χ3n) is 3.90. The molecule has 1 amide bonds. The van der Waals surface area contributed by atoms with Crippen LogP contribution in [0.4, 0.5) is 0 Å². The van der Waals surface area contributed by atoms with E-state index in [2.05, 4.69) is 11.4 Å². The normalized spacial score (nSPS) is 12.4. The van der Waals surface area contributed by atoms with Crippen molar-refractivity contribution in [3.63, 3.8) is 0 Å². The molecule has 1 aromatic carbocycles. The summed E-state index contributed by atoms with van der Waals surface area (Å²) in [7, 11) is 1.64. The number of hydrogen-bond acceptors (Lipinski definition) is 4. The molecule has 1 heterocycles. The van der Waals surface area contributed by atoms with Crippen LogP contribution in [0.1, 0.15) is 31.2 Å². The summed E-state index contributed by atoms with van der Waals surface area (Å²) in [5.74, 6) is 0.593. The van der Waals surface area contributed by atoms with Crippen LogP contribution in [-0.2, 0) is 4.79 Å². The predicted molar refractivity (Wildman–Crippen MR) is 87.5 cm³/mol. The molecule has 0 fully saturated rings. The monoisotopic (exact) mass is 311 g/mol. The molecule has 120 valence electrons. The Bertz CT molecular complexity index is 672. The maximum Gasteiger partial charge on any atom is 0.237 e. The van der Waals surface area contributed by atoms with E-state index >= 15 is 0 Å². The Labute approximate surface area is 136 Å². The van der Waals surface area contributed by atoms with Crippen LogP contribution in [0.3, 0.4) is 0 Å². The second kappa shape index (κ2) is 7.12. The van der Waals surface area contributed by atoms with E-state index in [9.17, 15) is 4.79 Å². The van der Waals surface area contributed by atoms with Crippen LogP contribution in [-0.4, -0.2) is 29.9 Å². The molecule has 0 aliphatic heterocycles. The Morgan fingerprint density at radius 3 is 2.57 bits per heavy atom. The maximum atomic E-state index is 12.3. The molecular weight excluding hydrogens is 290 g/mol. The first kappa shape index (κ1) is 16.8. The molecule has 0 aliphatic carbocycles. The lowest BCUT2D eigenvalue weighted by atomic mass is 10.0. The topological polar surface area (TPSA) is 69.3 Å². The Morgan fingerprint density at radius 2 is 2.00 bits per heavy atom. The average molecular weight is 311 g/mol. The molecule has 1 N–H and O–H groups in total. The van der Waals surface area contributed by atoms with Crippen molar-refractivity contribution in [2.24, 2.45) is 0 Å². The van der Waals surface area contributed by atoms with E-state index in [1.165, 1.54) is 4.90 Å². The van der Waals surface area contributed by atoms with Crippen LogP contribution in [0.15, 0.2) is 53.1 Å². The highest BCUT2D eigenvalue weighted by atomic mass is 16.3. The first-order chi connectivity index (χ1) is 11.0. The van der Waals surface area contributed by atoms with Crippen molar-refractivity contribution in [1.82, 2.24) is 10.2 Å². The van der Waals surface area contributed by atoms with Gasteiger partial charge in [-0.1, -0.05) is 30.3 Å². The lowest BCUT2D eigenvalue weighted by Gasteiger charge is -2.30. The number of carbonyl (C=O) groups excluding carboxylic acids is 1. The predicted octanol–water partition coefficient (Wildman–Crippen LogP) is 2.72. The van der Waals surface area contributed by atoms with Gasteiger partial charge >= 0.3 is 0 Å². The molecule has 2 aromatic rings. The zero-order valence-electron chi connectivity index (χ0n) is 13.6. The third kappa shape index (κ3) is 3.99. The van der Waals surface area contributed by atoms with E-state index in [0.717, 1.165) is 11.3 Å². The number of likely N-dealkylation sites (N-methyl/N-ethyl adjacent to an activating group) is 1. The van der Waals surface area contributed by atoms with Gasteiger partial charge in [0.2, 0.25) is 5.91 Å². The first-order valence-electron chi connectivity index (χ1n) is 7.45. The number of rotatable bonds is 6. The van der Waals surface area contributed by atoms with Gasteiger partial charge in [-0.15, -0.1) is 0 Å². The largest absolute Gasteiger partial charge is 0.467 e. The number of nitrogens with one attached hydrogen (secondary N) is 1. The van der Waals surface area contributed by atoms with Gasteiger partial charge in [0.1, 0.15) is 11.3 Å². The summed E-state index contributed by atoms with van der Waals surface area (Å²) in [6.07, 6.45) is 1.61. The molecule has 0 spiro atoms. The van der Waals surface area contributed by atoms with E-state index in [-0.39, 0.29) is 18.5 Å². The van der Waals surface area contributed by atoms with Gasteiger partial charge in [0, 0.05) is 7.05 Å². The average Bonchev–Trinajstić information content (AvgIpc) is 3.09. The molecule has 5 heteroatoms. The van der Waals surface area contributed by atoms with Gasteiger partial charge in [-0.25, -0.2) is 0 Å². The number of benzene rings is 1. The van der Waals surface area contributed by atoms with Crippen molar-refractivity contribution in [3.05, 3.63) is 60.1 Å². The number of carbonyl (C=O) groups is 1. The Morgan fingerprint density at radius 1 is 1.30 bits per heavy atom. The van der Waals surface area contributed by atoms with Gasteiger partial charge in [-0.2, -0.15) is 5.26 Å². The van der Waals surface area contributed by atoms with Crippen molar-refractivity contribution in [2.45, 2.75) is 25.4 Å². The highest BCUT2D eigenvalue weighted by Crippen LogP contribution is 2.22. The minimum Gasteiger partial charge on any atom is -0.467 e. The molecule has 23 heavy (non-hydrogen) atoms. The smallest absolute Gasteiger partial charge is 0.237 e. The van der Waals surface area contributed by atoms with Crippen LogP contribution in [0.25, 0.3) is 0 Å². The highest BCUT2D eigenvalue weighted by molar-refractivity contribution is 5.79. The van der Waals surface area contributed by atoms with Gasteiger partial charge in [-0.3, -0.25) is 10.1 Å². The maximum absolute atomic E-state index is 12.3. The molecule has 0 saturated heterocycles. The second-order valence-electron chi connectivity index (χ2n) is 5.86. The van der Waals surface area contributed by atoms with Gasteiger partial charge in [0.25, 0.3) is 0 Å². The molecule has 2 rings (SSSR count). The molecule has 0 radical (unpaired) electrons. The molecule has 5 nitrogen and oxygen atoms in total. The van der Waals surface area contributed by atoms with Crippen molar-refractivity contribution in [3.8, 4) is 6.07 Å². The Balaban J connectivity index is 2.12. The summed E-state index contributed by atoms with van der Waals surface area (Å²) in [6, 6.07) is 15.4. The molecular formula is C18H21N3O2. The minimum atomic E-state index is -0.842. The zero-order chi connectivity index (χ0) is 16.9. The van der Waals surface area contributed by atoms with E-state index in [4.69, 9.17) is 9.68 Å². The number of nitrogens with zero attached hydrogens (tertiary/aromatic N) is 2. The van der Waals surface area contributed by atoms with Crippen LogP contribution in [0.5, 0.6) is 0 Å². The molecule has 0 saturated carbocycles. The van der Waals surface area contributed by atoms with Crippen LogP contribution >= 0.6 is 0 Å². The summed E-state index contributed by atoms with van der Waals surface area (Å²) in [5, 5.41) is 12.4. The number of hydrogen-bond donors (Lipinski definition) is 1. The zero-order valence-corrected chi connectivity index (χ0v) is 13.6. The van der Waals surface area contributed by atoms with Crippen LogP contribution < -0.4 is 5.32 Å². The summed E-state index contributed by atoms with van der Waals surface area (Å²) in [6.45, 7) is 3.54. The second-order valence-corrected chi connectivity index (χ2v) is 5.86. The van der Waals surface area contributed by atoms with Crippen molar-refractivity contribution >= 4 is 5.91 Å².